The van der Waals surface area contributed by atoms with Crippen LogP contribution in [-0.2, 0) is 15.5 Å². The van der Waals surface area contributed by atoms with Crippen LogP contribution in [0, 0.1) is 5.92 Å². The summed E-state index contributed by atoms with van der Waals surface area (Å²) in [5.74, 6) is 0.290. The summed E-state index contributed by atoms with van der Waals surface area (Å²) in [6, 6.07) is 0. The lowest BCUT2D eigenvalue weighted by Gasteiger charge is -2.19. The van der Waals surface area contributed by atoms with Crippen LogP contribution in [0.1, 0.15) is 27.2 Å². The van der Waals surface area contributed by atoms with E-state index in [9.17, 15) is 8.76 Å². The molecule has 0 aromatic rings. The zero-order chi connectivity index (χ0) is 8.15. The van der Waals surface area contributed by atoms with Gasteiger partial charge in [-0.15, -0.1) is 0 Å². The molecule has 0 aliphatic heterocycles. The van der Waals surface area contributed by atoms with E-state index in [1.54, 1.807) is 6.92 Å². The van der Waals surface area contributed by atoms with Crippen LogP contribution in [0.4, 0.5) is 0 Å². The Morgan fingerprint density at radius 3 is 2.40 bits per heavy atom. The normalized spacial score (nSPS) is 20.0. The van der Waals surface area contributed by atoms with Crippen LogP contribution in [0.15, 0.2) is 0 Å². The second-order valence-electron chi connectivity index (χ2n) is 2.39. The summed E-state index contributed by atoms with van der Waals surface area (Å²) in [5, 5.41) is 0. The van der Waals surface area contributed by atoms with E-state index >= 15 is 0 Å². The van der Waals surface area contributed by atoms with Gasteiger partial charge in [0.25, 0.3) is 0 Å². The van der Waals surface area contributed by atoms with Crippen LogP contribution in [0.5, 0.6) is 0 Å². The fourth-order valence-corrected chi connectivity index (χ4v) is 0.988. The average molecular weight is 165 g/mol. The quantitative estimate of drug-likeness (QED) is 0.589. The topological polar surface area (TPSA) is 49.4 Å². The highest BCUT2D eigenvalue weighted by molar-refractivity contribution is 7.74. The maximum absolute atomic E-state index is 10.0. The van der Waals surface area contributed by atoms with Gasteiger partial charge in [-0.2, -0.15) is 0 Å². The van der Waals surface area contributed by atoms with Crippen LogP contribution >= 0.6 is 0 Å². The van der Waals surface area contributed by atoms with Crippen molar-refractivity contribution < 1.29 is 12.9 Å². The molecule has 4 heteroatoms. The van der Waals surface area contributed by atoms with Gasteiger partial charge < -0.3 is 4.55 Å². The summed E-state index contributed by atoms with van der Waals surface area (Å²) in [6.07, 6.45) is 0.724. The molecule has 3 unspecified atom stereocenters. The first kappa shape index (κ1) is 10.1. The Morgan fingerprint density at radius 1 is 1.60 bits per heavy atom. The molecule has 0 saturated carbocycles. The molecule has 0 amide bonds. The summed E-state index contributed by atoms with van der Waals surface area (Å²) in [6.45, 7) is 5.71. The molecule has 0 heterocycles. The zero-order valence-corrected chi connectivity index (χ0v) is 7.31. The van der Waals surface area contributed by atoms with E-state index in [2.05, 4.69) is 4.18 Å². The van der Waals surface area contributed by atoms with E-state index in [1.807, 2.05) is 13.8 Å². The Labute approximate surface area is 64.3 Å². The third kappa shape index (κ3) is 3.98. The lowest BCUT2D eigenvalue weighted by atomic mass is 10.0. The van der Waals surface area contributed by atoms with E-state index in [-0.39, 0.29) is 12.0 Å². The maximum atomic E-state index is 10.0. The fraction of sp³-hybridized carbons (Fsp3) is 1.00. The molecule has 0 aliphatic rings. The molecule has 0 fully saturated rings. The van der Waals surface area contributed by atoms with Crippen molar-refractivity contribution >= 4 is 11.4 Å². The Kier molecular flexibility index (Phi) is 4.85. The molecule has 0 spiro atoms. The third-order valence-electron chi connectivity index (χ3n) is 1.68. The van der Waals surface area contributed by atoms with E-state index in [0.717, 1.165) is 6.42 Å². The number of hydrogen-bond donors (Lipinski definition) is 0. The third-order valence-corrected chi connectivity index (χ3v) is 2.14. The SMILES string of the molecule is CCC(C)C(C)OS(=O)[O-]. The average Bonchev–Trinajstić information content (AvgIpc) is 1.85. The van der Waals surface area contributed by atoms with E-state index in [1.165, 1.54) is 0 Å². The zero-order valence-electron chi connectivity index (χ0n) is 6.49. The van der Waals surface area contributed by atoms with Crippen LogP contribution in [0.3, 0.4) is 0 Å². The minimum Gasteiger partial charge on any atom is -0.750 e. The molecule has 0 saturated heterocycles. The second-order valence-corrected chi connectivity index (χ2v) is 2.99. The summed E-state index contributed by atoms with van der Waals surface area (Å²) in [5.41, 5.74) is 0. The molecule has 0 bridgehead atoms. The van der Waals surface area contributed by atoms with Crippen molar-refractivity contribution in [2.24, 2.45) is 5.92 Å². The van der Waals surface area contributed by atoms with Crippen LogP contribution in [0.25, 0.3) is 0 Å². The van der Waals surface area contributed by atoms with Gasteiger partial charge in [-0.05, 0) is 12.8 Å². The van der Waals surface area contributed by atoms with Crippen molar-refractivity contribution in [3.8, 4) is 0 Å². The van der Waals surface area contributed by atoms with Crippen molar-refractivity contribution in [1.29, 1.82) is 0 Å². The van der Waals surface area contributed by atoms with Gasteiger partial charge in [-0.1, -0.05) is 20.3 Å². The first-order valence-electron chi connectivity index (χ1n) is 3.34. The molecule has 62 valence electrons. The Bertz CT molecular complexity index is 116. The highest BCUT2D eigenvalue weighted by Gasteiger charge is 2.09. The molecule has 10 heavy (non-hydrogen) atoms. The lowest BCUT2D eigenvalue weighted by molar-refractivity contribution is 0.159. The molecule has 0 radical (unpaired) electrons. The first-order chi connectivity index (χ1) is 4.57. The molecule has 0 N–H and O–H groups in total. The van der Waals surface area contributed by atoms with E-state index in [4.69, 9.17) is 0 Å². The fourth-order valence-electron chi connectivity index (χ4n) is 0.551. The van der Waals surface area contributed by atoms with Gasteiger partial charge in [0.05, 0.1) is 17.5 Å². The molecule has 0 aromatic heterocycles. The minimum atomic E-state index is -2.37. The van der Waals surface area contributed by atoms with Gasteiger partial charge in [0.1, 0.15) is 0 Å². The second kappa shape index (κ2) is 4.82. The van der Waals surface area contributed by atoms with Crippen molar-refractivity contribution in [2.75, 3.05) is 0 Å². The number of hydrogen-bond acceptors (Lipinski definition) is 3. The predicted octanol–water partition coefficient (Wildman–Crippen LogP) is 1.23. The minimum absolute atomic E-state index is 0.205. The Hall–Kier alpha value is 0.0700. The van der Waals surface area contributed by atoms with Crippen molar-refractivity contribution in [2.45, 2.75) is 33.3 Å². The predicted molar refractivity (Wildman–Crippen MR) is 38.9 cm³/mol. The first-order valence-corrected chi connectivity index (χ1v) is 4.34. The van der Waals surface area contributed by atoms with Crippen molar-refractivity contribution in [3.63, 3.8) is 0 Å². The van der Waals surface area contributed by atoms with Gasteiger partial charge in [0.15, 0.2) is 0 Å². The monoisotopic (exact) mass is 165 g/mol. The summed E-state index contributed by atoms with van der Waals surface area (Å²) in [7, 11) is 0. The van der Waals surface area contributed by atoms with Crippen molar-refractivity contribution in [3.05, 3.63) is 0 Å². The van der Waals surface area contributed by atoms with E-state index < -0.39 is 11.4 Å². The molecule has 3 nitrogen and oxygen atoms in total. The van der Waals surface area contributed by atoms with Crippen LogP contribution in [-0.4, -0.2) is 14.9 Å². The van der Waals surface area contributed by atoms with Gasteiger partial charge in [0.2, 0.25) is 0 Å². The van der Waals surface area contributed by atoms with Gasteiger partial charge >= 0.3 is 0 Å². The van der Waals surface area contributed by atoms with E-state index in [0.29, 0.717) is 0 Å². The smallest absolute Gasteiger partial charge is 0.0844 e. The highest BCUT2D eigenvalue weighted by atomic mass is 32.2. The summed E-state index contributed by atoms with van der Waals surface area (Å²) >= 11 is -2.37. The van der Waals surface area contributed by atoms with Gasteiger partial charge in [-0.25, -0.2) is 4.21 Å². The number of rotatable bonds is 4. The standard InChI is InChI=1S/C6H14O3S/c1-4-5(2)6(3)9-10(7)8/h5-6H,4H2,1-3H3,(H,7,8)/p-1. The largest absolute Gasteiger partial charge is 0.750 e. The van der Waals surface area contributed by atoms with Gasteiger partial charge in [-0.3, -0.25) is 4.18 Å². The van der Waals surface area contributed by atoms with Crippen LogP contribution < -0.4 is 0 Å². The molecule has 0 aromatic carbocycles. The Morgan fingerprint density at radius 2 is 2.10 bits per heavy atom. The van der Waals surface area contributed by atoms with Crippen LogP contribution in [0.2, 0.25) is 0 Å². The Balaban J connectivity index is 3.61. The molecular weight excluding hydrogens is 152 g/mol. The molecular formula is C6H13O3S-. The lowest BCUT2D eigenvalue weighted by Crippen LogP contribution is -2.18. The van der Waals surface area contributed by atoms with Crippen molar-refractivity contribution in [1.82, 2.24) is 0 Å². The highest BCUT2D eigenvalue weighted by Crippen LogP contribution is 2.10. The molecule has 0 rings (SSSR count). The van der Waals surface area contributed by atoms with Gasteiger partial charge in [0, 0.05) is 0 Å². The summed E-state index contributed by atoms with van der Waals surface area (Å²) in [4.78, 5) is 0. The summed E-state index contributed by atoms with van der Waals surface area (Å²) < 4.78 is 24.5. The molecule has 0 aliphatic carbocycles. The molecule has 3 atom stereocenters. The maximum Gasteiger partial charge on any atom is 0.0844 e.